The molecule has 86 valence electrons. The molecule has 0 aliphatic carbocycles. The molecule has 1 aromatic rings. The van der Waals surface area contributed by atoms with Crippen molar-refractivity contribution in [2.45, 2.75) is 13.0 Å². The Hall–Kier alpha value is -1.78. The average Bonchev–Trinajstić information content (AvgIpc) is 2.62. The van der Waals surface area contributed by atoms with Crippen LogP contribution in [0.25, 0.3) is 0 Å². The first-order chi connectivity index (χ1) is 7.66. The predicted octanol–water partition coefficient (Wildman–Crippen LogP) is 1.46. The van der Waals surface area contributed by atoms with Gasteiger partial charge in [-0.2, -0.15) is 0 Å². The van der Waals surface area contributed by atoms with E-state index in [1.807, 2.05) is 19.1 Å². The highest BCUT2D eigenvalue weighted by atomic mass is 16.5. The molecule has 1 amide bonds. The number of hydrogen-bond donors (Lipinski definition) is 1. The molecule has 1 aliphatic heterocycles. The summed E-state index contributed by atoms with van der Waals surface area (Å²) in [6.07, 6.45) is 0.661. The van der Waals surface area contributed by atoms with Crippen LogP contribution in [-0.2, 0) is 0 Å². The van der Waals surface area contributed by atoms with Gasteiger partial charge in [0.25, 0.3) is 0 Å². The Kier molecular flexibility index (Phi) is 2.94. The van der Waals surface area contributed by atoms with Gasteiger partial charge in [-0.25, -0.2) is 9.78 Å². The summed E-state index contributed by atoms with van der Waals surface area (Å²) >= 11 is 0. The molecule has 2 heterocycles. The Morgan fingerprint density at radius 1 is 1.56 bits per heavy atom. The zero-order valence-electron chi connectivity index (χ0n) is 9.04. The fraction of sp³-hybridized carbons (Fsp3) is 0.455. The highest BCUT2D eigenvalue weighted by Crippen LogP contribution is 2.21. The zero-order valence-corrected chi connectivity index (χ0v) is 9.04. The van der Waals surface area contributed by atoms with Crippen molar-refractivity contribution in [2.75, 3.05) is 13.1 Å². The number of nitrogens with zero attached hydrogens (tertiary/aromatic N) is 2. The highest BCUT2D eigenvalue weighted by Gasteiger charge is 2.34. The maximum absolute atomic E-state index is 10.8. The van der Waals surface area contributed by atoms with E-state index >= 15 is 0 Å². The second-order valence-corrected chi connectivity index (χ2v) is 3.99. The van der Waals surface area contributed by atoms with Crippen LogP contribution in [0.5, 0.6) is 5.88 Å². The Morgan fingerprint density at radius 2 is 2.38 bits per heavy atom. The lowest BCUT2D eigenvalue weighted by atomic mass is 10.1. The molecule has 1 fully saturated rings. The first-order valence-electron chi connectivity index (χ1n) is 5.22. The van der Waals surface area contributed by atoms with Crippen LogP contribution < -0.4 is 4.74 Å². The molecule has 0 spiro atoms. The molecular weight excluding hydrogens is 208 g/mol. The number of carbonyl (C=O) groups is 1. The van der Waals surface area contributed by atoms with Crippen LogP contribution in [0.3, 0.4) is 0 Å². The lowest BCUT2D eigenvalue weighted by Gasteiger charge is -2.15. The molecule has 0 aromatic carbocycles. The quantitative estimate of drug-likeness (QED) is 0.822. The van der Waals surface area contributed by atoms with Gasteiger partial charge in [-0.15, -0.1) is 0 Å². The van der Waals surface area contributed by atoms with E-state index in [1.54, 1.807) is 12.3 Å². The van der Waals surface area contributed by atoms with E-state index in [2.05, 4.69) is 4.98 Å². The molecule has 1 aromatic heterocycles. The van der Waals surface area contributed by atoms with Crippen molar-refractivity contribution in [3.05, 3.63) is 24.4 Å². The lowest BCUT2D eigenvalue weighted by Crippen LogP contribution is -2.29. The molecule has 1 N–H and O–H groups in total. The first-order valence-corrected chi connectivity index (χ1v) is 5.22. The summed E-state index contributed by atoms with van der Waals surface area (Å²) in [5.41, 5.74) is 0. The third-order valence-electron chi connectivity index (χ3n) is 2.72. The summed E-state index contributed by atoms with van der Waals surface area (Å²) in [7, 11) is 0. The Labute approximate surface area is 93.7 Å². The van der Waals surface area contributed by atoms with Gasteiger partial charge in [0.2, 0.25) is 5.88 Å². The van der Waals surface area contributed by atoms with E-state index in [0.29, 0.717) is 19.0 Å². The smallest absolute Gasteiger partial charge is 0.407 e. The topological polar surface area (TPSA) is 62.7 Å². The van der Waals surface area contributed by atoms with E-state index in [4.69, 9.17) is 9.84 Å². The number of hydrogen-bond acceptors (Lipinski definition) is 3. The number of rotatable bonds is 2. The summed E-state index contributed by atoms with van der Waals surface area (Å²) in [6.45, 7) is 2.91. The second-order valence-electron chi connectivity index (χ2n) is 3.99. The van der Waals surface area contributed by atoms with Crippen molar-refractivity contribution in [3.63, 3.8) is 0 Å². The van der Waals surface area contributed by atoms with Gasteiger partial charge in [-0.1, -0.05) is 13.0 Å². The van der Waals surface area contributed by atoms with Gasteiger partial charge >= 0.3 is 6.09 Å². The van der Waals surface area contributed by atoms with Gasteiger partial charge in [0, 0.05) is 24.7 Å². The van der Waals surface area contributed by atoms with E-state index in [9.17, 15) is 4.79 Å². The third-order valence-corrected chi connectivity index (χ3v) is 2.72. The van der Waals surface area contributed by atoms with Crippen LogP contribution in [-0.4, -0.2) is 40.3 Å². The number of ether oxygens (including phenoxy) is 1. The van der Waals surface area contributed by atoms with Crippen LogP contribution in [0.2, 0.25) is 0 Å². The van der Waals surface area contributed by atoms with Crippen LogP contribution in [0.1, 0.15) is 6.92 Å². The van der Waals surface area contributed by atoms with E-state index in [-0.39, 0.29) is 12.0 Å². The van der Waals surface area contributed by atoms with Crippen LogP contribution in [0, 0.1) is 5.92 Å². The second kappa shape index (κ2) is 4.38. The summed E-state index contributed by atoms with van der Waals surface area (Å²) < 4.78 is 5.65. The normalized spacial score (nSPS) is 24.4. The van der Waals surface area contributed by atoms with Crippen LogP contribution >= 0.6 is 0 Å². The first kappa shape index (κ1) is 10.7. The summed E-state index contributed by atoms with van der Waals surface area (Å²) in [5.74, 6) is 0.740. The Morgan fingerprint density at radius 3 is 2.94 bits per heavy atom. The van der Waals surface area contributed by atoms with Gasteiger partial charge in [-0.3, -0.25) is 0 Å². The zero-order chi connectivity index (χ0) is 11.5. The van der Waals surface area contributed by atoms with Crippen molar-refractivity contribution in [2.24, 2.45) is 5.92 Å². The molecule has 0 radical (unpaired) electrons. The summed E-state index contributed by atoms with van der Waals surface area (Å²) in [5, 5.41) is 8.87. The van der Waals surface area contributed by atoms with Gasteiger partial charge in [-0.05, 0) is 6.07 Å². The molecule has 0 saturated carbocycles. The molecule has 5 heteroatoms. The summed E-state index contributed by atoms with van der Waals surface area (Å²) in [6, 6.07) is 5.43. The van der Waals surface area contributed by atoms with E-state index in [1.165, 1.54) is 4.90 Å². The van der Waals surface area contributed by atoms with Crippen molar-refractivity contribution in [1.82, 2.24) is 9.88 Å². The number of aromatic nitrogens is 1. The molecular formula is C11H14N2O3. The summed E-state index contributed by atoms with van der Waals surface area (Å²) in [4.78, 5) is 16.2. The maximum atomic E-state index is 10.8. The minimum Gasteiger partial charge on any atom is -0.472 e. The van der Waals surface area contributed by atoms with Crippen LogP contribution in [0.15, 0.2) is 24.4 Å². The average molecular weight is 222 g/mol. The maximum Gasteiger partial charge on any atom is 0.407 e. The molecule has 16 heavy (non-hydrogen) atoms. The molecule has 2 atom stereocenters. The van der Waals surface area contributed by atoms with Crippen molar-refractivity contribution in [3.8, 4) is 5.88 Å². The van der Waals surface area contributed by atoms with Crippen molar-refractivity contribution in [1.29, 1.82) is 0 Å². The minimum atomic E-state index is -0.890. The number of carboxylic acid groups (broad SMARTS) is 1. The molecule has 1 aliphatic rings. The Bertz CT molecular complexity index is 369. The van der Waals surface area contributed by atoms with Crippen LogP contribution in [0.4, 0.5) is 4.79 Å². The molecule has 0 bridgehead atoms. The van der Waals surface area contributed by atoms with Gasteiger partial charge in [0.1, 0.15) is 6.10 Å². The standard InChI is InChI=1S/C11H14N2O3/c1-8-6-13(11(14)15)7-9(8)16-10-4-2-3-5-12-10/h2-5,8-9H,6-7H2,1H3,(H,14,15). The minimum absolute atomic E-state index is 0.106. The van der Waals surface area contributed by atoms with Crippen molar-refractivity contribution >= 4 is 6.09 Å². The molecule has 2 rings (SSSR count). The van der Waals surface area contributed by atoms with Gasteiger partial charge in [0.15, 0.2) is 0 Å². The third kappa shape index (κ3) is 2.24. The molecule has 2 unspecified atom stereocenters. The van der Waals surface area contributed by atoms with Gasteiger partial charge in [0.05, 0.1) is 6.54 Å². The van der Waals surface area contributed by atoms with E-state index in [0.717, 1.165) is 0 Å². The Balaban J connectivity index is 1.99. The van der Waals surface area contributed by atoms with Crippen molar-refractivity contribution < 1.29 is 14.6 Å². The largest absolute Gasteiger partial charge is 0.472 e. The number of pyridine rings is 1. The molecule has 1 saturated heterocycles. The molecule has 5 nitrogen and oxygen atoms in total. The highest BCUT2D eigenvalue weighted by molar-refractivity contribution is 5.65. The lowest BCUT2D eigenvalue weighted by molar-refractivity contribution is 0.142. The van der Waals surface area contributed by atoms with E-state index < -0.39 is 6.09 Å². The monoisotopic (exact) mass is 222 g/mol. The van der Waals surface area contributed by atoms with Gasteiger partial charge < -0.3 is 14.7 Å². The fourth-order valence-electron chi connectivity index (χ4n) is 1.82. The number of likely N-dealkylation sites (tertiary alicyclic amines) is 1. The fourth-order valence-corrected chi connectivity index (χ4v) is 1.82. The number of amides is 1. The predicted molar refractivity (Wildman–Crippen MR) is 57.4 cm³/mol. The SMILES string of the molecule is CC1CN(C(=O)O)CC1Oc1ccccn1.